The Morgan fingerprint density at radius 2 is 1.89 bits per heavy atom. The Bertz CT molecular complexity index is 1240. The zero-order chi connectivity index (χ0) is 28.0. The van der Waals surface area contributed by atoms with Gasteiger partial charge in [-0.1, -0.05) is 6.92 Å². The minimum absolute atomic E-state index is 0.0355. The van der Waals surface area contributed by atoms with Crippen molar-refractivity contribution in [2.75, 3.05) is 50.1 Å². The molecular formula is C26H36N4O7S. The Morgan fingerprint density at radius 3 is 2.50 bits per heavy atom. The maximum atomic E-state index is 13.2. The maximum absolute atomic E-state index is 13.2. The van der Waals surface area contributed by atoms with Crippen molar-refractivity contribution < 1.29 is 32.6 Å². The van der Waals surface area contributed by atoms with E-state index in [1.165, 1.54) is 4.90 Å². The number of nitrogens with zero attached hydrogens (tertiary/aromatic N) is 2. The first-order chi connectivity index (χ1) is 17.9. The van der Waals surface area contributed by atoms with Crippen LogP contribution in [-0.4, -0.2) is 87.5 Å². The first-order valence-electron chi connectivity index (χ1n) is 12.2. The topological polar surface area (TPSA) is 138 Å². The molecular weight excluding hydrogens is 512 g/mol. The van der Waals surface area contributed by atoms with Gasteiger partial charge in [0.05, 0.1) is 39.0 Å². The molecule has 3 rings (SSSR count). The SMILES string of the molecule is COc1ccc(NC(=O)N(C)C[C@H]2Oc3ccc(NS(C)(=O)=O)cc3CC(=O)N([C@H](C)CO)C[C@@H]2C)cc1. The quantitative estimate of drug-likeness (QED) is 0.461. The summed E-state index contributed by atoms with van der Waals surface area (Å²) in [4.78, 5) is 29.3. The van der Waals surface area contributed by atoms with Crippen LogP contribution >= 0.6 is 0 Å². The van der Waals surface area contributed by atoms with Crippen LogP contribution in [0, 0.1) is 5.92 Å². The van der Waals surface area contributed by atoms with Crippen LogP contribution in [0.4, 0.5) is 16.2 Å². The largest absolute Gasteiger partial charge is 0.497 e. The van der Waals surface area contributed by atoms with E-state index in [2.05, 4.69) is 10.0 Å². The van der Waals surface area contributed by atoms with Gasteiger partial charge in [-0.15, -0.1) is 0 Å². The van der Waals surface area contributed by atoms with Gasteiger partial charge < -0.3 is 29.7 Å². The van der Waals surface area contributed by atoms with Gasteiger partial charge in [0.15, 0.2) is 0 Å². The fourth-order valence-electron chi connectivity index (χ4n) is 4.17. The molecule has 0 fully saturated rings. The van der Waals surface area contributed by atoms with Gasteiger partial charge in [-0.05, 0) is 49.4 Å². The second-order valence-electron chi connectivity index (χ2n) is 9.62. The van der Waals surface area contributed by atoms with Crippen LogP contribution in [-0.2, 0) is 21.2 Å². The predicted molar refractivity (Wildman–Crippen MR) is 145 cm³/mol. The van der Waals surface area contributed by atoms with Crippen LogP contribution < -0.4 is 19.5 Å². The van der Waals surface area contributed by atoms with Gasteiger partial charge in [0.25, 0.3) is 0 Å². The summed E-state index contributed by atoms with van der Waals surface area (Å²) in [6.07, 6.45) is 0.506. The lowest BCUT2D eigenvalue weighted by molar-refractivity contribution is -0.134. The smallest absolute Gasteiger partial charge is 0.321 e. The average Bonchev–Trinajstić information content (AvgIpc) is 2.90. The third-order valence-corrected chi connectivity index (χ3v) is 6.97. The number of carbonyl (C=O) groups is 2. The minimum Gasteiger partial charge on any atom is -0.497 e. The molecule has 3 amide bonds. The summed E-state index contributed by atoms with van der Waals surface area (Å²) in [5.74, 6) is 0.681. The number of benzene rings is 2. The first kappa shape index (κ1) is 29.1. The van der Waals surface area contributed by atoms with Crippen LogP contribution in [0.5, 0.6) is 11.5 Å². The summed E-state index contributed by atoms with van der Waals surface area (Å²) in [6.45, 7) is 3.99. The number of rotatable bonds is 8. The fraction of sp³-hybridized carbons (Fsp3) is 0.462. The highest BCUT2D eigenvalue weighted by Crippen LogP contribution is 2.29. The molecule has 2 aromatic carbocycles. The molecule has 0 aromatic heterocycles. The maximum Gasteiger partial charge on any atom is 0.321 e. The number of carbonyl (C=O) groups excluding carboxylic acids is 2. The van der Waals surface area contributed by atoms with Crippen molar-refractivity contribution >= 4 is 33.3 Å². The van der Waals surface area contributed by atoms with E-state index in [-0.39, 0.29) is 37.4 Å². The molecule has 3 N–H and O–H groups in total. The third kappa shape index (κ3) is 7.75. The van der Waals surface area contributed by atoms with Crippen molar-refractivity contribution in [3.05, 3.63) is 48.0 Å². The minimum atomic E-state index is -3.52. The first-order valence-corrected chi connectivity index (χ1v) is 14.1. The highest BCUT2D eigenvalue weighted by molar-refractivity contribution is 7.92. The van der Waals surface area contributed by atoms with Gasteiger partial charge in [-0.3, -0.25) is 9.52 Å². The summed E-state index contributed by atoms with van der Waals surface area (Å²) in [5, 5.41) is 12.6. The molecule has 1 aliphatic rings. The third-order valence-electron chi connectivity index (χ3n) is 6.36. The van der Waals surface area contributed by atoms with Gasteiger partial charge in [-0.25, -0.2) is 13.2 Å². The normalized spacial score (nSPS) is 18.7. The lowest BCUT2D eigenvalue weighted by Gasteiger charge is -2.34. The Hall–Kier alpha value is -3.51. The van der Waals surface area contributed by atoms with E-state index in [4.69, 9.17) is 9.47 Å². The number of nitrogens with one attached hydrogen (secondary N) is 2. The molecule has 0 radical (unpaired) electrons. The lowest BCUT2D eigenvalue weighted by atomic mass is 10.0. The standard InChI is InChI=1S/C26H36N4O7S/c1-17-14-30(18(2)16-31)25(32)13-19-12-21(28-38(5,34)35)8-11-23(19)37-24(17)15-29(3)26(33)27-20-6-9-22(36-4)10-7-20/h6-12,17-18,24,28,31H,13-16H2,1-5H3,(H,27,33)/t17-,18+,24+/m0/s1. The van der Waals surface area contributed by atoms with Gasteiger partial charge in [0, 0.05) is 36.4 Å². The van der Waals surface area contributed by atoms with E-state index < -0.39 is 22.2 Å². The van der Waals surface area contributed by atoms with Crippen LogP contribution in [0.15, 0.2) is 42.5 Å². The predicted octanol–water partition coefficient (Wildman–Crippen LogP) is 2.38. The summed E-state index contributed by atoms with van der Waals surface area (Å²) in [6, 6.07) is 11.0. The van der Waals surface area contributed by atoms with E-state index in [9.17, 15) is 23.1 Å². The molecule has 0 saturated carbocycles. The number of amides is 3. The Morgan fingerprint density at radius 1 is 1.24 bits per heavy atom. The highest BCUT2D eigenvalue weighted by Gasteiger charge is 2.32. The van der Waals surface area contributed by atoms with E-state index in [0.717, 1.165) is 6.26 Å². The molecule has 0 unspecified atom stereocenters. The highest BCUT2D eigenvalue weighted by atomic mass is 32.2. The molecule has 0 saturated heterocycles. The van der Waals surface area contributed by atoms with Crippen molar-refractivity contribution in [1.82, 2.24) is 9.80 Å². The zero-order valence-electron chi connectivity index (χ0n) is 22.3. The number of anilines is 2. The molecule has 11 nitrogen and oxygen atoms in total. The van der Waals surface area contributed by atoms with Gasteiger partial charge >= 0.3 is 6.03 Å². The number of ether oxygens (including phenoxy) is 2. The zero-order valence-corrected chi connectivity index (χ0v) is 23.1. The molecule has 12 heteroatoms. The van der Waals surface area contributed by atoms with Crippen molar-refractivity contribution in [2.24, 2.45) is 5.92 Å². The molecule has 2 aromatic rings. The van der Waals surface area contributed by atoms with E-state index >= 15 is 0 Å². The summed E-state index contributed by atoms with van der Waals surface area (Å²) < 4.78 is 37.4. The Labute approximate surface area is 223 Å². The average molecular weight is 549 g/mol. The summed E-state index contributed by atoms with van der Waals surface area (Å²) in [7, 11) is -0.301. The number of sulfonamides is 1. The second kappa shape index (κ2) is 12.4. The van der Waals surface area contributed by atoms with Gasteiger partial charge in [0.2, 0.25) is 15.9 Å². The number of fused-ring (bicyclic) bond motifs is 1. The number of aliphatic hydroxyl groups is 1. The molecule has 38 heavy (non-hydrogen) atoms. The van der Waals surface area contributed by atoms with E-state index in [1.807, 2.05) is 6.92 Å². The monoisotopic (exact) mass is 548 g/mol. The number of aliphatic hydroxyl groups excluding tert-OH is 1. The number of hydrogen-bond acceptors (Lipinski definition) is 7. The Kier molecular flexibility index (Phi) is 9.45. The van der Waals surface area contributed by atoms with Gasteiger partial charge in [0.1, 0.15) is 17.6 Å². The lowest BCUT2D eigenvalue weighted by Crippen LogP contribution is -2.48. The number of likely N-dealkylation sites (N-methyl/N-ethyl adjacent to an activating group) is 1. The van der Waals surface area contributed by atoms with E-state index in [1.54, 1.807) is 68.4 Å². The number of hydrogen-bond donors (Lipinski definition) is 3. The van der Waals surface area contributed by atoms with Crippen molar-refractivity contribution in [3.8, 4) is 11.5 Å². The van der Waals surface area contributed by atoms with Crippen LogP contribution in [0.25, 0.3) is 0 Å². The molecule has 0 spiro atoms. The van der Waals surface area contributed by atoms with Crippen molar-refractivity contribution in [3.63, 3.8) is 0 Å². The molecule has 0 aliphatic carbocycles. The van der Waals surface area contributed by atoms with Crippen molar-refractivity contribution in [1.29, 1.82) is 0 Å². The number of methoxy groups -OCH3 is 1. The van der Waals surface area contributed by atoms with Crippen LogP contribution in [0.1, 0.15) is 19.4 Å². The van der Waals surface area contributed by atoms with Gasteiger partial charge in [-0.2, -0.15) is 0 Å². The molecule has 1 aliphatic heterocycles. The summed E-state index contributed by atoms with van der Waals surface area (Å²) >= 11 is 0. The number of urea groups is 1. The Balaban J connectivity index is 1.87. The molecule has 1 heterocycles. The summed E-state index contributed by atoms with van der Waals surface area (Å²) in [5.41, 5.74) is 1.42. The van der Waals surface area contributed by atoms with Crippen LogP contribution in [0.3, 0.4) is 0 Å². The van der Waals surface area contributed by atoms with Crippen molar-refractivity contribution in [2.45, 2.75) is 32.4 Å². The van der Waals surface area contributed by atoms with Crippen LogP contribution in [0.2, 0.25) is 0 Å². The fourth-order valence-corrected chi connectivity index (χ4v) is 4.73. The molecule has 3 atom stereocenters. The second-order valence-corrected chi connectivity index (χ2v) is 11.4. The van der Waals surface area contributed by atoms with E-state index in [0.29, 0.717) is 35.0 Å². The molecule has 208 valence electrons. The molecule has 0 bridgehead atoms.